The van der Waals surface area contributed by atoms with E-state index in [1.165, 1.54) is 36.1 Å². The fourth-order valence-corrected chi connectivity index (χ4v) is 5.09. The van der Waals surface area contributed by atoms with E-state index in [0.29, 0.717) is 47.2 Å². The highest BCUT2D eigenvalue weighted by atomic mass is 19.1. The van der Waals surface area contributed by atoms with Gasteiger partial charge < -0.3 is 19.7 Å². The maximum atomic E-state index is 14.8. The summed E-state index contributed by atoms with van der Waals surface area (Å²) in [5.74, 6) is 1.24. The molecule has 39 heavy (non-hydrogen) atoms. The Labute approximate surface area is 222 Å². The first-order valence-corrected chi connectivity index (χ1v) is 13.0. The Hall–Kier alpha value is -4.67. The molecule has 5 aromatic rings. The van der Waals surface area contributed by atoms with Gasteiger partial charge in [-0.2, -0.15) is 10.1 Å². The number of hydrogen-bond acceptors (Lipinski definition) is 8. The fourth-order valence-electron chi connectivity index (χ4n) is 5.09. The Morgan fingerprint density at radius 1 is 1.15 bits per heavy atom. The molecule has 11 heteroatoms. The quantitative estimate of drug-likeness (QED) is 0.341. The number of halogens is 1. The minimum absolute atomic E-state index is 0.106. The maximum Gasteiger partial charge on any atom is 0.267 e. The summed E-state index contributed by atoms with van der Waals surface area (Å²) >= 11 is 0. The van der Waals surface area contributed by atoms with Gasteiger partial charge in [0.15, 0.2) is 23.3 Å². The molecule has 1 aliphatic heterocycles. The Morgan fingerprint density at radius 3 is 2.85 bits per heavy atom. The average Bonchev–Trinajstić information content (AvgIpc) is 3.42. The maximum absolute atomic E-state index is 14.8. The zero-order chi connectivity index (χ0) is 26.5. The van der Waals surface area contributed by atoms with E-state index >= 15 is 0 Å². The zero-order valence-corrected chi connectivity index (χ0v) is 21.2. The second-order valence-electron chi connectivity index (χ2n) is 10.0. The summed E-state index contributed by atoms with van der Waals surface area (Å²) in [5.41, 5.74) is 1.50. The van der Waals surface area contributed by atoms with Crippen molar-refractivity contribution in [3.05, 3.63) is 71.0 Å². The topological polar surface area (TPSA) is 110 Å². The number of benzene rings is 2. The van der Waals surface area contributed by atoms with Crippen LogP contribution in [0.15, 0.2) is 59.7 Å². The van der Waals surface area contributed by atoms with Crippen LogP contribution in [0.2, 0.25) is 0 Å². The number of aromatic amines is 1. The zero-order valence-electron chi connectivity index (χ0n) is 21.2. The molecule has 4 heterocycles. The van der Waals surface area contributed by atoms with Crippen LogP contribution in [0.1, 0.15) is 19.3 Å². The van der Waals surface area contributed by atoms with E-state index < -0.39 is 11.4 Å². The molecule has 0 saturated heterocycles. The van der Waals surface area contributed by atoms with Crippen LogP contribution in [0.3, 0.4) is 0 Å². The van der Waals surface area contributed by atoms with Crippen LogP contribution in [0.4, 0.5) is 16.0 Å². The normalized spacial score (nSPS) is 16.8. The molecule has 10 nitrogen and oxygen atoms in total. The van der Waals surface area contributed by atoms with E-state index in [1.54, 1.807) is 24.4 Å². The number of ether oxygens (including phenoxy) is 2. The molecular weight excluding hydrogens is 501 g/mol. The van der Waals surface area contributed by atoms with Gasteiger partial charge in [0.2, 0.25) is 5.95 Å². The minimum atomic E-state index is -0.533. The van der Waals surface area contributed by atoms with Crippen LogP contribution in [-0.4, -0.2) is 57.1 Å². The lowest BCUT2D eigenvalue weighted by Crippen LogP contribution is -2.40. The van der Waals surface area contributed by atoms with Crippen molar-refractivity contribution in [3.63, 3.8) is 0 Å². The highest BCUT2D eigenvalue weighted by molar-refractivity contribution is 6.02. The minimum Gasteiger partial charge on any atom is -0.486 e. The number of H-pyrrole nitrogens is 1. The molecule has 0 bridgehead atoms. The first-order chi connectivity index (χ1) is 19.0. The van der Waals surface area contributed by atoms with Crippen molar-refractivity contribution < 1.29 is 13.9 Å². The average molecular weight is 528 g/mol. The molecular formula is C28H26FN7O3. The number of fused-ring (bicyclic) bond motifs is 4. The van der Waals surface area contributed by atoms with Crippen LogP contribution in [0, 0.1) is 5.82 Å². The van der Waals surface area contributed by atoms with Crippen molar-refractivity contribution in [1.29, 1.82) is 0 Å². The van der Waals surface area contributed by atoms with Gasteiger partial charge in [-0.1, -0.05) is 12.1 Å². The molecule has 198 valence electrons. The number of anilines is 2. The number of aromatic nitrogens is 5. The number of hydrogen-bond donors (Lipinski definition) is 2. The van der Waals surface area contributed by atoms with E-state index in [0.717, 1.165) is 11.4 Å². The fraction of sp³-hybridized carbons (Fsp3) is 0.286. The Kier molecular flexibility index (Phi) is 5.57. The summed E-state index contributed by atoms with van der Waals surface area (Å²) in [6.07, 6.45) is 6.45. The van der Waals surface area contributed by atoms with Crippen molar-refractivity contribution in [1.82, 2.24) is 24.7 Å². The summed E-state index contributed by atoms with van der Waals surface area (Å²) in [4.78, 5) is 24.5. The Morgan fingerprint density at radius 2 is 2.03 bits per heavy atom. The molecule has 2 aromatic carbocycles. The van der Waals surface area contributed by atoms with Gasteiger partial charge in [0.25, 0.3) is 5.56 Å². The van der Waals surface area contributed by atoms with E-state index in [1.807, 2.05) is 30.1 Å². The van der Waals surface area contributed by atoms with Gasteiger partial charge in [-0.25, -0.2) is 9.37 Å². The molecule has 1 aliphatic carbocycles. The Bertz CT molecular complexity index is 1760. The SMILES string of the molecule is CN(C[C@H]1COc2cc(NC3CCC3)ccc2O1)c1ncc2c3[nH]ncc3c(=O)n(-c3ccccc3F)c2n1. The monoisotopic (exact) mass is 527 g/mol. The number of nitrogens with one attached hydrogen (secondary N) is 2. The second kappa shape index (κ2) is 9.26. The smallest absolute Gasteiger partial charge is 0.267 e. The van der Waals surface area contributed by atoms with Crippen molar-refractivity contribution >= 4 is 33.6 Å². The van der Waals surface area contributed by atoms with Gasteiger partial charge in [-0.15, -0.1) is 0 Å². The van der Waals surface area contributed by atoms with Gasteiger partial charge in [0.05, 0.1) is 34.7 Å². The third kappa shape index (κ3) is 4.10. The predicted octanol–water partition coefficient (Wildman–Crippen LogP) is 4.04. The summed E-state index contributed by atoms with van der Waals surface area (Å²) < 4.78 is 28.4. The van der Waals surface area contributed by atoms with Crippen LogP contribution >= 0.6 is 0 Å². The summed E-state index contributed by atoms with van der Waals surface area (Å²) in [5, 5.41) is 11.3. The highest BCUT2D eigenvalue weighted by Crippen LogP contribution is 2.36. The van der Waals surface area contributed by atoms with Crippen LogP contribution in [-0.2, 0) is 0 Å². The van der Waals surface area contributed by atoms with E-state index in [2.05, 4.69) is 20.5 Å². The number of para-hydroxylation sites is 1. The predicted molar refractivity (Wildman–Crippen MR) is 146 cm³/mol. The molecule has 0 amide bonds. The second-order valence-corrected chi connectivity index (χ2v) is 10.0. The van der Waals surface area contributed by atoms with E-state index in [-0.39, 0.29) is 17.4 Å². The number of pyridine rings is 1. The van der Waals surface area contributed by atoms with Gasteiger partial charge in [0, 0.05) is 31.0 Å². The van der Waals surface area contributed by atoms with Crippen LogP contribution < -0.4 is 25.2 Å². The third-order valence-electron chi connectivity index (χ3n) is 7.36. The molecule has 7 rings (SSSR count). The van der Waals surface area contributed by atoms with Crippen molar-refractivity contribution in [3.8, 4) is 17.2 Å². The molecule has 2 aliphatic rings. The standard InChI is InChI=1S/C28H26FN7O3/c1-35(14-18-15-38-24-11-17(9-10-23(24)39-18)32-16-5-4-6-16)28-30-12-19-25-20(13-31-34-25)27(37)36(26(19)33-28)22-8-3-2-7-21(22)29/h2-3,7-13,16,18,32H,4-6,14-15H2,1H3,(H,31,34)/t18-/m0/s1. The van der Waals surface area contributed by atoms with Crippen molar-refractivity contribution in [2.45, 2.75) is 31.4 Å². The van der Waals surface area contributed by atoms with Crippen LogP contribution in [0.5, 0.6) is 11.5 Å². The first-order valence-electron chi connectivity index (χ1n) is 13.0. The lowest BCUT2D eigenvalue weighted by molar-refractivity contribution is 0.0959. The third-order valence-corrected chi connectivity index (χ3v) is 7.36. The lowest BCUT2D eigenvalue weighted by Gasteiger charge is -2.31. The highest BCUT2D eigenvalue weighted by Gasteiger charge is 2.25. The van der Waals surface area contributed by atoms with Gasteiger partial charge in [-0.3, -0.25) is 14.5 Å². The molecule has 1 saturated carbocycles. The van der Waals surface area contributed by atoms with Gasteiger partial charge in [0.1, 0.15) is 12.4 Å². The number of likely N-dealkylation sites (N-methyl/N-ethyl adjacent to an activating group) is 1. The number of nitrogens with zero attached hydrogens (tertiary/aromatic N) is 5. The van der Waals surface area contributed by atoms with E-state index in [9.17, 15) is 9.18 Å². The summed E-state index contributed by atoms with van der Waals surface area (Å²) in [6.45, 7) is 0.801. The van der Waals surface area contributed by atoms with Gasteiger partial charge in [-0.05, 0) is 43.5 Å². The van der Waals surface area contributed by atoms with Crippen molar-refractivity contribution in [2.24, 2.45) is 0 Å². The summed E-state index contributed by atoms with van der Waals surface area (Å²) in [6, 6.07) is 12.6. The lowest BCUT2D eigenvalue weighted by atomic mass is 9.93. The van der Waals surface area contributed by atoms with Gasteiger partial charge >= 0.3 is 0 Å². The van der Waals surface area contributed by atoms with Crippen LogP contribution in [0.25, 0.3) is 27.6 Å². The molecule has 0 radical (unpaired) electrons. The summed E-state index contributed by atoms with van der Waals surface area (Å²) in [7, 11) is 1.84. The Balaban J connectivity index is 1.18. The molecule has 3 aromatic heterocycles. The molecule has 0 unspecified atom stereocenters. The molecule has 0 spiro atoms. The molecule has 1 fully saturated rings. The molecule has 1 atom stereocenters. The largest absolute Gasteiger partial charge is 0.486 e. The first kappa shape index (κ1) is 23.4. The number of rotatable bonds is 6. The molecule has 2 N–H and O–H groups in total. The van der Waals surface area contributed by atoms with E-state index in [4.69, 9.17) is 14.5 Å². The van der Waals surface area contributed by atoms with Crippen molar-refractivity contribution in [2.75, 3.05) is 30.4 Å².